The van der Waals surface area contributed by atoms with E-state index in [1.165, 1.54) is 30.3 Å². The summed E-state index contributed by atoms with van der Waals surface area (Å²) in [4.78, 5) is 4.73. The Kier molecular flexibility index (Phi) is 3.31. The van der Waals surface area contributed by atoms with Gasteiger partial charge in [-0.2, -0.15) is 0 Å². The van der Waals surface area contributed by atoms with Crippen molar-refractivity contribution in [3.63, 3.8) is 0 Å². The molecule has 1 unspecified atom stereocenters. The van der Waals surface area contributed by atoms with E-state index in [4.69, 9.17) is 4.98 Å². The summed E-state index contributed by atoms with van der Waals surface area (Å²) in [6.07, 6.45) is 3.88. The maximum Gasteiger partial charge on any atom is 0.106 e. The number of aromatic nitrogens is 2. The fourth-order valence-corrected chi connectivity index (χ4v) is 3.24. The summed E-state index contributed by atoms with van der Waals surface area (Å²) < 4.78 is 2.31. The summed E-state index contributed by atoms with van der Waals surface area (Å²) in [5, 5.41) is 3.61. The number of nitrogens with zero attached hydrogens (tertiary/aromatic N) is 2. The Morgan fingerprint density at radius 3 is 2.84 bits per heavy atom. The molecule has 1 aliphatic rings. The Morgan fingerprint density at radius 1 is 1.32 bits per heavy atom. The molecular weight excluding hydrogens is 234 g/mol. The molecule has 0 saturated carbocycles. The lowest BCUT2D eigenvalue weighted by Gasteiger charge is -2.23. The van der Waals surface area contributed by atoms with Crippen LogP contribution in [0.25, 0.3) is 11.0 Å². The van der Waals surface area contributed by atoms with Crippen LogP contribution in [0.4, 0.5) is 0 Å². The van der Waals surface area contributed by atoms with E-state index in [1.807, 2.05) is 0 Å². The van der Waals surface area contributed by atoms with Gasteiger partial charge in [0.05, 0.1) is 11.0 Å². The van der Waals surface area contributed by atoms with Gasteiger partial charge >= 0.3 is 0 Å². The van der Waals surface area contributed by atoms with E-state index in [1.54, 1.807) is 0 Å². The quantitative estimate of drug-likeness (QED) is 0.888. The lowest BCUT2D eigenvalue weighted by atomic mass is 9.97. The highest BCUT2D eigenvalue weighted by molar-refractivity contribution is 5.77. The first-order valence-corrected chi connectivity index (χ1v) is 7.38. The molecule has 3 nitrogen and oxygen atoms in total. The Labute approximate surface area is 115 Å². The van der Waals surface area contributed by atoms with E-state index < -0.39 is 0 Å². The first-order chi connectivity index (χ1) is 9.16. The van der Waals surface area contributed by atoms with Gasteiger partial charge in [-0.1, -0.05) is 12.5 Å². The van der Waals surface area contributed by atoms with E-state index in [0.717, 1.165) is 17.9 Å². The SMILES string of the molecule is Cc1nc2cc(C3CCCCN3)ccc2n1C(C)C. The Balaban J connectivity index is 2.02. The van der Waals surface area contributed by atoms with Gasteiger partial charge in [0.1, 0.15) is 5.82 Å². The van der Waals surface area contributed by atoms with E-state index in [9.17, 15) is 0 Å². The van der Waals surface area contributed by atoms with Gasteiger partial charge < -0.3 is 9.88 Å². The molecule has 0 spiro atoms. The average Bonchev–Trinajstić information content (AvgIpc) is 2.74. The molecule has 0 amide bonds. The Hall–Kier alpha value is -1.35. The van der Waals surface area contributed by atoms with Crippen LogP contribution in [0.5, 0.6) is 0 Å². The molecule has 1 aliphatic heterocycles. The van der Waals surface area contributed by atoms with Gasteiger partial charge in [-0.05, 0) is 57.9 Å². The van der Waals surface area contributed by atoms with Crippen molar-refractivity contribution < 1.29 is 0 Å². The molecule has 0 aliphatic carbocycles. The van der Waals surface area contributed by atoms with Crippen molar-refractivity contribution in [3.8, 4) is 0 Å². The van der Waals surface area contributed by atoms with Gasteiger partial charge in [-0.25, -0.2) is 4.98 Å². The van der Waals surface area contributed by atoms with Crippen molar-refractivity contribution in [2.75, 3.05) is 6.54 Å². The van der Waals surface area contributed by atoms with Crippen LogP contribution in [0.3, 0.4) is 0 Å². The number of piperidine rings is 1. The predicted molar refractivity (Wildman–Crippen MR) is 79.4 cm³/mol. The van der Waals surface area contributed by atoms with Crippen molar-refractivity contribution in [2.24, 2.45) is 0 Å². The number of nitrogens with one attached hydrogen (secondary N) is 1. The zero-order valence-corrected chi connectivity index (χ0v) is 12.1. The van der Waals surface area contributed by atoms with Crippen molar-refractivity contribution in [1.29, 1.82) is 0 Å². The van der Waals surface area contributed by atoms with Crippen molar-refractivity contribution in [2.45, 2.75) is 52.1 Å². The molecule has 2 heterocycles. The third-order valence-electron chi connectivity index (χ3n) is 4.12. The van der Waals surface area contributed by atoms with Crippen LogP contribution in [0.1, 0.15) is 56.6 Å². The minimum atomic E-state index is 0.462. The van der Waals surface area contributed by atoms with Crippen LogP contribution in [0.2, 0.25) is 0 Å². The third kappa shape index (κ3) is 2.27. The first kappa shape index (κ1) is 12.7. The van der Waals surface area contributed by atoms with E-state index in [0.29, 0.717) is 12.1 Å². The van der Waals surface area contributed by atoms with Crippen molar-refractivity contribution in [1.82, 2.24) is 14.9 Å². The van der Waals surface area contributed by atoms with Crippen LogP contribution < -0.4 is 5.32 Å². The zero-order chi connectivity index (χ0) is 13.4. The van der Waals surface area contributed by atoms with E-state index >= 15 is 0 Å². The van der Waals surface area contributed by atoms with Gasteiger partial charge in [0.2, 0.25) is 0 Å². The summed E-state index contributed by atoms with van der Waals surface area (Å²) >= 11 is 0. The van der Waals surface area contributed by atoms with Crippen molar-refractivity contribution in [3.05, 3.63) is 29.6 Å². The molecule has 1 saturated heterocycles. The van der Waals surface area contributed by atoms with E-state index in [-0.39, 0.29) is 0 Å². The molecule has 102 valence electrons. The highest BCUT2D eigenvalue weighted by atomic mass is 15.1. The standard InChI is InChI=1S/C16H23N3/c1-11(2)19-12(3)18-15-10-13(7-8-16(15)19)14-6-4-5-9-17-14/h7-8,10-11,14,17H,4-6,9H2,1-3H3. The minimum absolute atomic E-state index is 0.462. The van der Waals surface area contributed by atoms with Crippen molar-refractivity contribution >= 4 is 11.0 Å². The lowest BCUT2D eigenvalue weighted by molar-refractivity contribution is 0.412. The summed E-state index contributed by atoms with van der Waals surface area (Å²) in [5.74, 6) is 1.11. The fraction of sp³-hybridized carbons (Fsp3) is 0.562. The highest BCUT2D eigenvalue weighted by Crippen LogP contribution is 2.27. The molecule has 1 N–H and O–H groups in total. The second kappa shape index (κ2) is 4.97. The number of imidazole rings is 1. The maximum absolute atomic E-state index is 4.73. The molecule has 19 heavy (non-hydrogen) atoms. The molecule has 1 aromatic heterocycles. The van der Waals surface area contributed by atoms with Gasteiger partial charge in [-0.15, -0.1) is 0 Å². The Morgan fingerprint density at radius 2 is 2.16 bits per heavy atom. The third-order valence-corrected chi connectivity index (χ3v) is 4.12. The van der Waals surface area contributed by atoms with Gasteiger partial charge in [0.15, 0.2) is 0 Å². The molecule has 1 atom stereocenters. The van der Waals surface area contributed by atoms with Crippen LogP contribution >= 0.6 is 0 Å². The number of aryl methyl sites for hydroxylation is 1. The maximum atomic E-state index is 4.73. The Bertz CT molecular complexity index is 577. The smallest absolute Gasteiger partial charge is 0.106 e. The summed E-state index contributed by atoms with van der Waals surface area (Å²) in [6.45, 7) is 7.66. The van der Waals surface area contributed by atoms with Crippen LogP contribution in [-0.2, 0) is 0 Å². The van der Waals surface area contributed by atoms with E-state index in [2.05, 4.69) is 48.9 Å². The zero-order valence-electron chi connectivity index (χ0n) is 12.1. The second-order valence-corrected chi connectivity index (χ2v) is 5.87. The highest BCUT2D eigenvalue weighted by Gasteiger charge is 2.17. The number of benzene rings is 1. The average molecular weight is 257 g/mol. The molecule has 0 bridgehead atoms. The topological polar surface area (TPSA) is 29.9 Å². The number of fused-ring (bicyclic) bond motifs is 1. The number of rotatable bonds is 2. The fourth-order valence-electron chi connectivity index (χ4n) is 3.24. The monoisotopic (exact) mass is 257 g/mol. The molecular formula is C16H23N3. The summed E-state index contributed by atoms with van der Waals surface area (Å²) in [5.41, 5.74) is 3.78. The summed E-state index contributed by atoms with van der Waals surface area (Å²) in [7, 11) is 0. The largest absolute Gasteiger partial charge is 0.326 e. The van der Waals surface area contributed by atoms with Gasteiger partial charge in [0.25, 0.3) is 0 Å². The normalized spacial score (nSPS) is 20.3. The van der Waals surface area contributed by atoms with Crippen LogP contribution in [0.15, 0.2) is 18.2 Å². The molecule has 3 heteroatoms. The summed E-state index contributed by atoms with van der Waals surface area (Å²) in [6, 6.07) is 7.75. The van der Waals surface area contributed by atoms with Crippen LogP contribution in [0, 0.1) is 6.92 Å². The lowest BCUT2D eigenvalue weighted by Crippen LogP contribution is -2.26. The second-order valence-electron chi connectivity index (χ2n) is 5.87. The van der Waals surface area contributed by atoms with Gasteiger partial charge in [0, 0.05) is 12.1 Å². The number of hydrogen-bond donors (Lipinski definition) is 1. The minimum Gasteiger partial charge on any atom is -0.326 e. The molecule has 0 radical (unpaired) electrons. The molecule has 1 fully saturated rings. The van der Waals surface area contributed by atoms with Gasteiger partial charge in [-0.3, -0.25) is 0 Å². The van der Waals surface area contributed by atoms with Crippen LogP contribution in [-0.4, -0.2) is 16.1 Å². The molecule has 3 rings (SSSR count). The predicted octanol–water partition coefficient (Wildman–Crippen LogP) is 3.74. The number of hydrogen-bond acceptors (Lipinski definition) is 2. The molecule has 1 aromatic carbocycles. The molecule has 2 aromatic rings. The first-order valence-electron chi connectivity index (χ1n) is 7.38.